The third-order valence-corrected chi connectivity index (χ3v) is 5.45. The van der Waals surface area contributed by atoms with E-state index in [1.54, 1.807) is 0 Å². The van der Waals surface area contributed by atoms with Gasteiger partial charge in [-0.05, 0) is 43.4 Å². The van der Waals surface area contributed by atoms with Crippen molar-refractivity contribution in [2.24, 2.45) is 16.7 Å². The van der Waals surface area contributed by atoms with Gasteiger partial charge >= 0.3 is 5.97 Å². The first-order chi connectivity index (χ1) is 9.82. The standard InChI is InChI=1S/C19H38O2/c1-8-13-18(6,10-3)15-16(17(20)21-12-5)19(7,11-4)14-9-2/h16H,8-15H2,1-7H3. The predicted molar refractivity (Wildman–Crippen MR) is 91.4 cm³/mol. The van der Waals surface area contributed by atoms with E-state index in [0.29, 0.717) is 6.61 Å². The molecule has 3 unspecified atom stereocenters. The Morgan fingerprint density at radius 1 is 0.952 bits per heavy atom. The fourth-order valence-electron chi connectivity index (χ4n) is 3.55. The molecule has 0 aliphatic heterocycles. The Kier molecular flexibility index (Phi) is 9.24. The van der Waals surface area contributed by atoms with E-state index in [2.05, 4.69) is 41.5 Å². The molecule has 0 aliphatic carbocycles. The minimum absolute atomic E-state index is 0.0195. The lowest BCUT2D eigenvalue weighted by molar-refractivity contribution is -0.155. The summed E-state index contributed by atoms with van der Waals surface area (Å²) in [5.41, 5.74) is 0.307. The molecule has 0 aromatic heterocycles. The molecule has 0 aromatic carbocycles. The van der Waals surface area contributed by atoms with E-state index in [-0.39, 0.29) is 22.7 Å². The summed E-state index contributed by atoms with van der Waals surface area (Å²) in [5, 5.41) is 0. The van der Waals surface area contributed by atoms with Crippen molar-refractivity contribution in [3.8, 4) is 0 Å². The highest BCUT2D eigenvalue weighted by Gasteiger charge is 2.41. The third-order valence-electron chi connectivity index (χ3n) is 5.45. The first-order valence-corrected chi connectivity index (χ1v) is 8.99. The number of esters is 1. The van der Waals surface area contributed by atoms with Crippen molar-refractivity contribution in [1.29, 1.82) is 0 Å². The average Bonchev–Trinajstić information content (AvgIpc) is 2.45. The molecule has 0 aromatic rings. The molecule has 0 heterocycles. The summed E-state index contributed by atoms with van der Waals surface area (Å²) in [5.74, 6) is 0.0463. The lowest BCUT2D eigenvalue weighted by Gasteiger charge is -2.41. The van der Waals surface area contributed by atoms with Crippen LogP contribution in [0.15, 0.2) is 0 Å². The van der Waals surface area contributed by atoms with E-state index in [1.165, 1.54) is 12.8 Å². The summed E-state index contributed by atoms with van der Waals surface area (Å²) in [6, 6.07) is 0. The van der Waals surface area contributed by atoms with Crippen molar-refractivity contribution >= 4 is 5.97 Å². The van der Waals surface area contributed by atoms with Crippen LogP contribution in [0.1, 0.15) is 93.4 Å². The van der Waals surface area contributed by atoms with Crippen LogP contribution in [0.4, 0.5) is 0 Å². The van der Waals surface area contributed by atoms with Crippen LogP contribution in [0.2, 0.25) is 0 Å². The molecule has 2 heteroatoms. The van der Waals surface area contributed by atoms with Gasteiger partial charge in [-0.15, -0.1) is 0 Å². The van der Waals surface area contributed by atoms with Gasteiger partial charge in [0.05, 0.1) is 12.5 Å². The van der Waals surface area contributed by atoms with E-state index in [4.69, 9.17) is 4.74 Å². The van der Waals surface area contributed by atoms with Gasteiger partial charge in [-0.2, -0.15) is 0 Å². The molecule has 0 rings (SSSR count). The fourth-order valence-corrected chi connectivity index (χ4v) is 3.55. The smallest absolute Gasteiger partial charge is 0.309 e. The SMILES string of the molecule is CCCC(C)(CC)CC(C(=O)OCC)C(C)(CC)CCC. The van der Waals surface area contributed by atoms with Gasteiger partial charge in [-0.1, -0.05) is 60.8 Å². The molecular weight excluding hydrogens is 260 g/mol. The maximum atomic E-state index is 12.6. The molecule has 0 aliphatic rings. The van der Waals surface area contributed by atoms with Crippen molar-refractivity contribution in [3.05, 3.63) is 0 Å². The van der Waals surface area contributed by atoms with Gasteiger partial charge in [0.25, 0.3) is 0 Å². The second-order valence-electron chi connectivity index (χ2n) is 7.18. The summed E-state index contributed by atoms with van der Waals surface area (Å²) < 4.78 is 5.43. The maximum absolute atomic E-state index is 12.6. The lowest BCUT2D eigenvalue weighted by atomic mass is 9.64. The Labute approximate surface area is 133 Å². The molecule has 0 bridgehead atoms. The van der Waals surface area contributed by atoms with Crippen molar-refractivity contribution in [2.45, 2.75) is 93.4 Å². The van der Waals surface area contributed by atoms with E-state index in [1.807, 2.05) is 6.92 Å². The van der Waals surface area contributed by atoms with Crippen LogP contribution in [0.25, 0.3) is 0 Å². The van der Waals surface area contributed by atoms with Crippen molar-refractivity contribution in [3.63, 3.8) is 0 Å². The molecule has 21 heavy (non-hydrogen) atoms. The van der Waals surface area contributed by atoms with Gasteiger partial charge in [0.1, 0.15) is 0 Å². The van der Waals surface area contributed by atoms with Gasteiger partial charge in [0, 0.05) is 0 Å². The van der Waals surface area contributed by atoms with Crippen LogP contribution < -0.4 is 0 Å². The molecule has 0 saturated heterocycles. The number of carbonyl (C=O) groups is 1. The monoisotopic (exact) mass is 298 g/mol. The van der Waals surface area contributed by atoms with Crippen molar-refractivity contribution < 1.29 is 9.53 Å². The number of carbonyl (C=O) groups excluding carboxylic acids is 1. The molecule has 0 saturated carbocycles. The van der Waals surface area contributed by atoms with Gasteiger partial charge in [-0.25, -0.2) is 0 Å². The molecular formula is C19H38O2. The number of hydrogen-bond acceptors (Lipinski definition) is 2. The zero-order chi connectivity index (χ0) is 16.5. The molecule has 126 valence electrons. The number of hydrogen-bond donors (Lipinski definition) is 0. The molecule has 0 radical (unpaired) electrons. The van der Waals surface area contributed by atoms with E-state index in [0.717, 1.165) is 32.1 Å². The van der Waals surface area contributed by atoms with E-state index in [9.17, 15) is 4.79 Å². The maximum Gasteiger partial charge on any atom is 0.309 e. The minimum atomic E-state index is 0.0195. The average molecular weight is 299 g/mol. The highest BCUT2D eigenvalue weighted by Crippen LogP contribution is 2.45. The largest absolute Gasteiger partial charge is 0.466 e. The highest BCUT2D eigenvalue weighted by atomic mass is 16.5. The summed E-state index contributed by atoms with van der Waals surface area (Å²) in [4.78, 5) is 12.6. The Hall–Kier alpha value is -0.530. The molecule has 2 nitrogen and oxygen atoms in total. The second kappa shape index (κ2) is 9.48. The summed E-state index contributed by atoms with van der Waals surface area (Å²) in [7, 11) is 0. The molecule has 3 atom stereocenters. The summed E-state index contributed by atoms with van der Waals surface area (Å²) in [6.45, 7) is 15.9. The predicted octanol–water partition coefficient (Wildman–Crippen LogP) is 5.99. The summed E-state index contributed by atoms with van der Waals surface area (Å²) in [6.07, 6.45) is 7.71. The molecule has 0 spiro atoms. The zero-order valence-corrected chi connectivity index (χ0v) is 15.6. The molecule has 0 amide bonds. The Bertz CT molecular complexity index is 300. The van der Waals surface area contributed by atoms with Gasteiger partial charge in [0.15, 0.2) is 0 Å². The van der Waals surface area contributed by atoms with Crippen LogP contribution in [-0.4, -0.2) is 12.6 Å². The van der Waals surface area contributed by atoms with Gasteiger partial charge in [0.2, 0.25) is 0 Å². The van der Waals surface area contributed by atoms with Crippen LogP contribution in [0, 0.1) is 16.7 Å². The van der Waals surface area contributed by atoms with Crippen LogP contribution in [0.5, 0.6) is 0 Å². The Morgan fingerprint density at radius 2 is 1.52 bits per heavy atom. The van der Waals surface area contributed by atoms with Crippen molar-refractivity contribution in [2.75, 3.05) is 6.61 Å². The number of ether oxygens (including phenoxy) is 1. The van der Waals surface area contributed by atoms with Gasteiger partial charge in [-0.3, -0.25) is 4.79 Å². The van der Waals surface area contributed by atoms with Crippen LogP contribution in [0.3, 0.4) is 0 Å². The number of rotatable bonds is 11. The van der Waals surface area contributed by atoms with Crippen molar-refractivity contribution in [1.82, 2.24) is 0 Å². The molecule has 0 fully saturated rings. The van der Waals surface area contributed by atoms with E-state index >= 15 is 0 Å². The summed E-state index contributed by atoms with van der Waals surface area (Å²) >= 11 is 0. The Morgan fingerprint density at radius 3 is 1.90 bits per heavy atom. The molecule has 0 N–H and O–H groups in total. The topological polar surface area (TPSA) is 26.3 Å². The van der Waals surface area contributed by atoms with Crippen LogP contribution >= 0.6 is 0 Å². The first-order valence-electron chi connectivity index (χ1n) is 8.99. The normalized spacial score (nSPS) is 18.6. The zero-order valence-electron chi connectivity index (χ0n) is 15.6. The van der Waals surface area contributed by atoms with Crippen LogP contribution in [-0.2, 0) is 9.53 Å². The van der Waals surface area contributed by atoms with E-state index < -0.39 is 0 Å². The fraction of sp³-hybridized carbons (Fsp3) is 0.947. The Balaban J connectivity index is 5.35. The third kappa shape index (κ3) is 6.00. The second-order valence-corrected chi connectivity index (χ2v) is 7.18. The quantitative estimate of drug-likeness (QED) is 0.438. The van der Waals surface area contributed by atoms with Gasteiger partial charge < -0.3 is 4.74 Å². The first kappa shape index (κ1) is 20.5. The minimum Gasteiger partial charge on any atom is -0.466 e. The lowest BCUT2D eigenvalue weighted by Crippen LogP contribution is -2.38. The highest BCUT2D eigenvalue weighted by molar-refractivity contribution is 5.73.